The fraction of sp³-hybridized carbons (Fsp3) is 0.600. The number of aromatic nitrogens is 1. The van der Waals surface area contributed by atoms with Crippen LogP contribution >= 0.6 is 0 Å². The normalized spacial score (nSPS) is 21.8. The molecule has 3 rings (SSSR count). The number of nitrogens with zero attached hydrogens (tertiary/aromatic N) is 2. The zero-order chi connectivity index (χ0) is 16.8. The highest BCUT2D eigenvalue weighted by Crippen LogP contribution is 2.41. The fourth-order valence-electron chi connectivity index (χ4n) is 2.96. The summed E-state index contributed by atoms with van der Waals surface area (Å²) < 4.78 is 44.5. The Hall–Kier alpha value is -1.83. The Labute approximate surface area is 131 Å². The van der Waals surface area contributed by atoms with Gasteiger partial charge in [-0.1, -0.05) is 0 Å². The van der Waals surface area contributed by atoms with Crippen molar-refractivity contribution in [3.05, 3.63) is 17.8 Å². The van der Waals surface area contributed by atoms with E-state index in [1.807, 2.05) is 0 Å². The van der Waals surface area contributed by atoms with Gasteiger partial charge >= 0.3 is 6.18 Å². The second kappa shape index (κ2) is 5.36. The number of carbonyl (C=O) groups is 1. The Balaban J connectivity index is 2.08. The van der Waals surface area contributed by atoms with Crippen LogP contribution in [0.25, 0.3) is 0 Å². The first-order valence-corrected chi connectivity index (χ1v) is 7.51. The number of carbonyl (C=O) groups excluding carboxylic acids is 1. The van der Waals surface area contributed by atoms with Gasteiger partial charge in [-0.3, -0.25) is 4.79 Å². The summed E-state index contributed by atoms with van der Waals surface area (Å²) in [5, 5.41) is 3.18. The van der Waals surface area contributed by atoms with Crippen molar-refractivity contribution < 1.29 is 22.7 Å². The standard InChI is InChI=1S/C15H18F3N3O2/c1-14(2)13(22)21(10-3-5-19-6-4-10)11-7-9(15(16,17)18)8-20-12(11)23-14/h7-8,10,19H,3-6H2,1-2H3. The van der Waals surface area contributed by atoms with E-state index in [2.05, 4.69) is 10.3 Å². The highest BCUT2D eigenvalue weighted by molar-refractivity contribution is 6.02. The predicted octanol–water partition coefficient (Wildman–Crippen LogP) is 2.36. The van der Waals surface area contributed by atoms with Crippen LogP contribution in [0.2, 0.25) is 0 Å². The molecule has 1 amide bonds. The second-order valence-corrected chi connectivity index (χ2v) is 6.31. The Bertz CT molecular complexity index is 625. The van der Waals surface area contributed by atoms with Gasteiger partial charge < -0.3 is 15.0 Å². The molecule has 2 aliphatic rings. The molecule has 0 unspecified atom stereocenters. The number of anilines is 1. The van der Waals surface area contributed by atoms with Crippen LogP contribution in [0, 0.1) is 0 Å². The molecule has 0 aliphatic carbocycles. The van der Waals surface area contributed by atoms with E-state index in [-0.39, 0.29) is 23.5 Å². The molecule has 5 nitrogen and oxygen atoms in total. The van der Waals surface area contributed by atoms with Gasteiger partial charge in [0.25, 0.3) is 5.91 Å². The van der Waals surface area contributed by atoms with E-state index in [0.717, 1.165) is 25.4 Å². The molecule has 0 saturated carbocycles. The quantitative estimate of drug-likeness (QED) is 0.859. The number of hydrogen-bond acceptors (Lipinski definition) is 4. The number of alkyl halides is 3. The third-order valence-corrected chi connectivity index (χ3v) is 4.18. The van der Waals surface area contributed by atoms with Crippen molar-refractivity contribution in [2.45, 2.75) is 44.5 Å². The van der Waals surface area contributed by atoms with E-state index >= 15 is 0 Å². The smallest absolute Gasteiger partial charge is 0.417 e. The first kappa shape index (κ1) is 16.0. The topological polar surface area (TPSA) is 54.5 Å². The van der Waals surface area contributed by atoms with Crippen LogP contribution in [0.1, 0.15) is 32.3 Å². The lowest BCUT2D eigenvalue weighted by Crippen LogP contribution is -2.58. The summed E-state index contributed by atoms with van der Waals surface area (Å²) in [6.45, 7) is 4.65. The third-order valence-electron chi connectivity index (χ3n) is 4.18. The monoisotopic (exact) mass is 329 g/mol. The first-order chi connectivity index (χ1) is 10.7. The van der Waals surface area contributed by atoms with Crippen molar-refractivity contribution in [3.63, 3.8) is 0 Å². The van der Waals surface area contributed by atoms with Crippen molar-refractivity contribution in [3.8, 4) is 5.88 Å². The lowest BCUT2D eigenvalue weighted by Gasteiger charge is -2.43. The zero-order valence-electron chi connectivity index (χ0n) is 12.9. The molecule has 0 aromatic carbocycles. The average molecular weight is 329 g/mol. The summed E-state index contributed by atoms with van der Waals surface area (Å²) in [7, 11) is 0. The lowest BCUT2D eigenvalue weighted by molar-refractivity contribution is -0.138. The SMILES string of the molecule is CC1(C)Oc2ncc(C(F)(F)F)cc2N(C2CCNCC2)C1=O. The van der Waals surface area contributed by atoms with Crippen LogP contribution in [-0.4, -0.2) is 35.6 Å². The summed E-state index contributed by atoms with van der Waals surface area (Å²) in [6, 6.07) is 0.799. The minimum atomic E-state index is -4.52. The lowest BCUT2D eigenvalue weighted by atomic mass is 9.98. The molecule has 3 heterocycles. The van der Waals surface area contributed by atoms with Gasteiger partial charge in [0.15, 0.2) is 5.60 Å². The van der Waals surface area contributed by atoms with Crippen LogP contribution in [0.15, 0.2) is 12.3 Å². The van der Waals surface area contributed by atoms with Crippen molar-refractivity contribution in [2.75, 3.05) is 18.0 Å². The van der Waals surface area contributed by atoms with Gasteiger partial charge in [0, 0.05) is 12.2 Å². The van der Waals surface area contributed by atoms with Crippen LogP contribution < -0.4 is 15.0 Å². The summed E-state index contributed by atoms with van der Waals surface area (Å²) in [4.78, 5) is 18.0. The Morgan fingerprint density at radius 2 is 2.00 bits per heavy atom. The largest absolute Gasteiger partial charge is 0.460 e. The van der Waals surface area contributed by atoms with Gasteiger partial charge in [-0.05, 0) is 45.8 Å². The van der Waals surface area contributed by atoms with Gasteiger partial charge in [-0.25, -0.2) is 4.98 Å². The maximum atomic E-state index is 13.0. The Morgan fingerprint density at radius 3 is 2.61 bits per heavy atom. The molecule has 1 N–H and O–H groups in total. The van der Waals surface area contributed by atoms with E-state index in [4.69, 9.17) is 4.74 Å². The number of halogens is 3. The van der Waals surface area contributed by atoms with Crippen molar-refractivity contribution in [1.82, 2.24) is 10.3 Å². The number of fused-ring (bicyclic) bond motifs is 1. The number of pyridine rings is 1. The average Bonchev–Trinajstić information content (AvgIpc) is 2.48. The van der Waals surface area contributed by atoms with Gasteiger partial charge in [-0.15, -0.1) is 0 Å². The molecule has 1 aromatic heterocycles. The van der Waals surface area contributed by atoms with Gasteiger partial charge in [0.05, 0.1) is 5.56 Å². The minimum Gasteiger partial charge on any atom is -0.460 e. The number of nitrogens with one attached hydrogen (secondary N) is 1. The minimum absolute atomic E-state index is 0.0705. The molecule has 0 spiro atoms. The summed E-state index contributed by atoms with van der Waals surface area (Å²) in [5.74, 6) is -0.265. The van der Waals surface area contributed by atoms with Crippen molar-refractivity contribution >= 4 is 11.6 Å². The number of ether oxygens (including phenoxy) is 1. The first-order valence-electron chi connectivity index (χ1n) is 7.51. The second-order valence-electron chi connectivity index (χ2n) is 6.31. The molecule has 1 fully saturated rings. The molecule has 0 bridgehead atoms. The van der Waals surface area contributed by atoms with Gasteiger partial charge in [0.2, 0.25) is 5.88 Å². The van der Waals surface area contributed by atoms with E-state index in [1.165, 1.54) is 4.90 Å². The fourth-order valence-corrected chi connectivity index (χ4v) is 2.96. The van der Waals surface area contributed by atoms with Crippen LogP contribution in [0.4, 0.5) is 18.9 Å². The number of hydrogen-bond donors (Lipinski definition) is 1. The molecule has 8 heteroatoms. The van der Waals surface area contributed by atoms with Gasteiger partial charge in [0.1, 0.15) is 5.69 Å². The summed E-state index contributed by atoms with van der Waals surface area (Å²) in [6.07, 6.45) is -2.42. The zero-order valence-corrected chi connectivity index (χ0v) is 12.9. The number of amides is 1. The highest BCUT2D eigenvalue weighted by Gasteiger charge is 2.45. The molecule has 126 valence electrons. The predicted molar refractivity (Wildman–Crippen MR) is 77.3 cm³/mol. The van der Waals surface area contributed by atoms with Crippen LogP contribution in [0.5, 0.6) is 5.88 Å². The Morgan fingerprint density at radius 1 is 1.35 bits per heavy atom. The molecule has 0 atom stereocenters. The van der Waals surface area contributed by atoms with E-state index in [9.17, 15) is 18.0 Å². The highest BCUT2D eigenvalue weighted by atomic mass is 19.4. The molecule has 1 saturated heterocycles. The van der Waals surface area contributed by atoms with Crippen molar-refractivity contribution in [1.29, 1.82) is 0 Å². The maximum Gasteiger partial charge on any atom is 0.417 e. The number of piperidine rings is 1. The maximum absolute atomic E-state index is 13.0. The molecular weight excluding hydrogens is 311 g/mol. The van der Waals surface area contributed by atoms with E-state index in [1.54, 1.807) is 13.8 Å². The molecule has 2 aliphatic heterocycles. The number of rotatable bonds is 1. The third kappa shape index (κ3) is 2.87. The van der Waals surface area contributed by atoms with Crippen molar-refractivity contribution in [2.24, 2.45) is 0 Å². The molecule has 0 radical (unpaired) electrons. The van der Waals surface area contributed by atoms with Crippen LogP contribution in [0.3, 0.4) is 0 Å². The summed E-state index contributed by atoms with van der Waals surface area (Å²) in [5.41, 5.74) is -1.92. The Kier molecular flexibility index (Phi) is 3.74. The van der Waals surface area contributed by atoms with Gasteiger partial charge in [-0.2, -0.15) is 13.2 Å². The molecular formula is C15H18F3N3O2. The van der Waals surface area contributed by atoms with E-state index < -0.39 is 17.3 Å². The molecule has 1 aromatic rings. The van der Waals surface area contributed by atoms with Crippen LogP contribution in [-0.2, 0) is 11.0 Å². The molecule has 23 heavy (non-hydrogen) atoms. The van der Waals surface area contributed by atoms with E-state index in [0.29, 0.717) is 12.8 Å². The summed E-state index contributed by atoms with van der Waals surface area (Å²) >= 11 is 0.